The second-order valence-electron chi connectivity index (χ2n) is 8.39. The summed E-state index contributed by atoms with van der Waals surface area (Å²) in [7, 11) is -14.7. The van der Waals surface area contributed by atoms with E-state index < -0.39 is 63.8 Å². The maximum absolute atomic E-state index is 14.5. The van der Waals surface area contributed by atoms with Crippen LogP contribution in [0.25, 0.3) is 10.9 Å². The van der Waals surface area contributed by atoms with Gasteiger partial charge < -0.3 is 0 Å². The van der Waals surface area contributed by atoms with E-state index in [1.165, 1.54) is 35.1 Å². The van der Waals surface area contributed by atoms with Gasteiger partial charge >= 0.3 is 15.5 Å². The molecule has 0 bridgehead atoms. The van der Waals surface area contributed by atoms with Gasteiger partial charge in [-0.15, -0.1) is 0 Å². The average Bonchev–Trinajstić information content (AvgIpc) is 3.24. The molecule has 0 spiro atoms. The SMILES string of the molecule is O=S(=O)(c1cc2ccccc2n1S(=O)(=O)c1ccccc1F)N1CCC(CNS(=O)(=O)C(F)(F)F)CC1. The summed E-state index contributed by atoms with van der Waals surface area (Å²) in [5.41, 5.74) is -5.45. The van der Waals surface area contributed by atoms with Crippen LogP contribution in [-0.2, 0) is 30.1 Å². The van der Waals surface area contributed by atoms with E-state index in [1.54, 1.807) is 6.07 Å². The van der Waals surface area contributed by atoms with Gasteiger partial charge in [-0.1, -0.05) is 30.3 Å². The number of halogens is 4. The smallest absolute Gasteiger partial charge is 0.221 e. The largest absolute Gasteiger partial charge is 0.511 e. The van der Waals surface area contributed by atoms with E-state index in [1.807, 2.05) is 0 Å². The number of nitrogens with one attached hydrogen (secondary N) is 1. The van der Waals surface area contributed by atoms with E-state index in [9.17, 15) is 42.8 Å². The molecule has 0 aliphatic carbocycles. The summed E-state index contributed by atoms with van der Waals surface area (Å²) in [6.07, 6.45) is 0.0554. The minimum Gasteiger partial charge on any atom is -0.221 e. The summed E-state index contributed by atoms with van der Waals surface area (Å²) in [5, 5.41) is -0.342. The molecule has 1 aliphatic heterocycles. The number of aromatic nitrogens is 1. The van der Waals surface area contributed by atoms with E-state index in [0.717, 1.165) is 22.5 Å². The van der Waals surface area contributed by atoms with Crippen LogP contribution in [0.2, 0.25) is 0 Å². The number of para-hydroxylation sites is 1. The highest BCUT2D eigenvalue weighted by Crippen LogP contribution is 2.32. The minimum atomic E-state index is -5.53. The van der Waals surface area contributed by atoms with Crippen molar-refractivity contribution >= 4 is 41.0 Å². The highest BCUT2D eigenvalue weighted by molar-refractivity contribution is 7.92. The van der Waals surface area contributed by atoms with Gasteiger partial charge in [0, 0.05) is 25.0 Å². The number of piperidine rings is 1. The lowest BCUT2D eigenvalue weighted by atomic mass is 9.99. The number of hydrogen-bond acceptors (Lipinski definition) is 6. The van der Waals surface area contributed by atoms with E-state index in [-0.39, 0.29) is 36.8 Å². The van der Waals surface area contributed by atoms with Crippen LogP contribution in [0.15, 0.2) is 64.5 Å². The molecule has 1 aliphatic rings. The first-order chi connectivity index (χ1) is 17.2. The van der Waals surface area contributed by atoms with Crippen LogP contribution in [0.3, 0.4) is 0 Å². The van der Waals surface area contributed by atoms with Crippen molar-refractivity contribution in [1.82, 2.24) is 13.0 Å². The van der Waals surface area contributed by atoms with Crippen LogP contribution in [0.5, 0.6) is 0 Å². The number of nitrogens with zero attached hydrogens (tertiary/aromatic N) is 2. The second kappa shape index (κ2) is 9.65. The van der Waals surface area contributed by atoms with Crippen molar-refractivity contribution in [3.05, 3.63) is 60.4 Å². The normalized spacial score (nSPS) is 16.9. The maximum atomic E-state index is 14.5. The molecule has 2 heterocycles. The average molecular weight is 584 g/mol. The van der Waals surface area contributed by atoms with Crippen LogP contribution < -0.4 is 4.72 Å². The summed E-state index contributed by atoms with van der Waals surface area (Å²) < 4.78 is 132. The van der Waals surface area contributed by atoms with Crippen molar-refractivity contribution in [3.8, 4) is 0 Å². The van der Waals surface area contributed by atoms with Gasteiger partial charge in [0.15, 0.2) is 5.03 Å². The third-order valence-corrected chi connectivity index (χ3v) is 10.9. The van der Waals surface area contributed by atoms with E-state index in [2.05, 4.69) is 0 Å². The van der Waals surface area contributed by atoms with E-state index in [0.29, 0.717) is 3.97 Å². The Morgan fingerprint density at radius 2 is 1.46 bits per heavy atom. The molecule has 0 unspecified atom stereocenters. The molecule has 37 heavy (non-hydrogen) atoms. The highest BCUT2D eigenvalue weighted by atomic mass is 32.2. The van der Waals surface area contributed by atoms with Gasteiger partial charge in [-0.25, -0.2) is 38.3 Å². The first-order valence-corrected chi connectivity index (χ1v) is 15.2. The second-order valence-corrected chi connectivity index (χ2v) is 13.8. The Bertz CT molecular complexity index is 1640. The predicted molar refractivity (Wildman–Crippen MR) is 125 cm³/mol. The molecule has 16 heteroatoms. The topological polar surface area (TPSA) is 123 Å². The summed E-state index contributed by atoms with van der Waals surface area (Å²) in [6, 6.07) is 11.7. The van der Waals surface area contributed by atoms with Crippen molar-refractivity contribution < 1.29 is 42.8 Å². The quantitative estimate of drug-likeness (QED) is 0.427. The van der Waals surface area contributed by atoms with Crippen molar-refractivity contribution in [2.75, 3.05) is 19.6 Å². The first kappa shape index (κ1) is 27.5. The van der Waals surface area contributed by atoms with Crippen molar-refractivity contribution in [1.29, 1.82) is 0 Å². The molecular weight excluding hydrogens is 562 g/mol. The highest BCUT2D eigenvalue weighted by Gasteiger charge is 2.46. The number of benzene rings is 2. The molecule has 4 rings (SSSR count). The van der Waals surface area contributed by atoms with E-state index >= 15 is 0 Å². The number of hydrogen-bond donors (Lipinski definition) is 1. The molecule has 2 aromatic carbocycles. The van der Waals surface area contributed by atoms with Gasteiger partial charge in [0.2, 0.25) is 0 Å². The fourth-order valence-electron chi connectivity index (χ4n) is 4.08. The summed E-state index contributed by atoms with van der Waals surface area (Å²) in [5.74, 6) is -1.64. The summed E-state index contributed by atoms with van der Waals surface area (Å²) in [6.45, 7) is -0.915. The fourth-order valence-corrected chi connectivity index (χ4v) is 8.29. The van der Waals surface area contributed by atoms with Gasteiger partial charge in [-0.2, -0.15) is 17.5 Å². The monoisotopic (exact) mass is 583 g/mol. The lowest BCUT2D eigenvalue weighted by Gasteiger charge is -2.31. The minimum absolute atomic E-state index is 0.0146. The zero-order valence-electron chi connectivity index (χ0n) is 18.9. The number of alkyl halides is 3. The van der Waals surface area contributed by atoms with Crippen LogP contribution in [0, 0.1) is 11.7 Å². The number of sulfonamides is 2. The molecule has 9 nitrogen and oxygen atoms in total. The molecule has 0 amide bonds. The Morgan fingerprint density at radius 1 is 0.865 bits per heavy atom. The first-order valence-electron chi connectivity index (χ1n) is 10.8. The lowest BCUT2D eigenvalue weighted by Crippen LogP contribution is -2.44. The number of rotatable bonds is 7. The van der Waals surface area contributed by atoms with Gasteiger partial charge in [-0.3, -0.25) is 0 Å². The maximum Gasteiger partial charge on any atom is 0.511 e. The third-order valence-electron chi connectivity index (χ3n) is 6.03. The molecular formula is C21H21F4N3O6S3. The predicted octanol–water partition coefficient (Wildman–Crippen LogP) is 2.86. The van der Waals surface area contributed by atoms with Crippen LogP contribution in [0.1, 0.15) is 12.8 Å². The van der Waals surface area contributed by atoms with Crippen molar-refractivity contribution in [2.24, 2.45) is 5.92 Å². The Morgan fingerprint density at radius 3 is 2.08 bits per heavy atom. The van der Waals surface area contributed by atoms with Gasteiger partial charge in [-0.05, 0) is 43.0 Å². The molecule has 3 aromatic rings. The standard InChI is InChI=1S/C21H21F4N3O6S3/c22-17-6-2-4-8-19(17)35(29,30)28-18-7-3-1-5-16(18)13-20(28)36(31,32)27-11-9-15(10-12-27)14-26-37(33,34)21(23,24)25/h1-8,13,15,26H,9-12,14H2. The van der Waals surface area contributed by atoms with Crippen LogP contribution in [0.4, 0.5) is 17.6 Å². The Labute approximate surface area is 210 Å². The molecule has 1 N–H and O–H groups in total. The number of fused-ring (bicyclic) bond motifs is 1. The Balaban J connectivity index is 1.65. The lowest BCUT2D eigenvalue weighted by molar-refractivity contribution is -0.0448. The van der Waals surface area contributed by atoms with Crippen LogP contribution in [-0.4, -0.2) is 58.7 Å². The fraction of sp³-hybridized carbons (Fsp3) is 0.333. The molecule has 1 saturated heterocycles. The Hall–Kier alpha value is -2.53. The zero-order chi connectivity index (χ0) is 27.2. The van der Waals surface area contributed by atoms with Crippen molar-refractivity contribution in [2.45, 2.75) is 28.3 Å². The summed E-state index contributed by atoms with van der Waals surface area (Å²) >= 11 is 0. The molecule has 202 valence electrons. The van der Waals surface area contributed by atoms with E-state index in [4.69, 9.17) is 0 Å². The third kappa shape index (κ3) is 5.12. The molecule has 1 fully saturated rings. The van der Waals surface area contributed by atoms with Gasteiger partial charge in [0.25, 0.3) is 20.0 Å². The molecule has 0 atom stereocenters. The van der Waals surface area contributed by atoms with Gasteiger partial charge in [0.1, 0.15) is 10.7 Å². The Kier molecular flexibility index (Phi) is 7.17. The van der Waals surface area contributed by atoms with Crippen LogP contribution >= 0.6 is 0 Å². The molecule has 0 saturated carbocycles. The van der Waals surface area contributed by atoms with Gasteiger partial charge in [0.05, 0.1) is 5.52 Å². The molecule has 1 aromatic heterocycles. The summed E-state index contributed by atoms with van der Waals surface area (Å²) in [4.78, 5) is -0.719. The van der Waals surface area contributed by atoms with Crippen molar-refractivity contribution in [3.63, 3.8) is 0 Å². The molecule has 0 radical (unpaired) electrons. The zero-order valence-corrected chi connectivity index (χ0v) is 21.3.